The van der Waals surface area contributed by atoms with Gasteiger partial charge in [0.25, 0.3) is 0 Å². The molecule has 0 spiro atoms. The van der Waals surface area contributed by atoms with E-state index in [1.807, 2.05) is 0 Å². The number of halogens is 4. The monoisotopic (exact) mass is 287 g/mol. The van der Waals surface area contributed by atoms with E-state index in [4.69, 9.17) is 16.7 Å². The average molecular weight is 288 g/mol. The van der Waals surface area contributed by atoms with Crippen LogP contribution in [-0.4, -0.2) is 10.1 Å². The molecule has 0 atom stereocenters. The third-order valence-electron chi connectivity index (χ3n) is 2.60. The Hall–Kier alpha value is -1.59. The second-order valence-corrected chi connectivity index (χ2v) is 4.30. The van der Waals surface area contributed by atoms with Crippen molar-refractivity contribution in [1.82, 2.24) is 4.98 Å². The topological polar surface area (TPSA) is 33.1 Å². The smallest absolute Gasteiger partial charge is 0.392 e. The van der Waals surface area contributed by atoms with Gasteiger partial charge >= 0.3 is 6.18 Å². The van der Waals surface area contributed by atoms with Crippen LogP contribution in [0.2, 0.25) is 5.02 Å². The number of aliphatic hydroxyl groups is 1. The second kappa shape index (κ2) is 5.19. The molecule has 1 aromatic heterocycles. The lowest BCUT2D eigenvalue weighted by Gasteiger charge is -2.08. The highest BCUT2D eigenvalue weighted by Gasteiger charge is 2.32. The number of benzene rings is 1. The zero-order valence-corrected chi connectivity index (χ0v) is 10.3. The predicted octanol–water partition coefficient (Wildman–Crippen LogP) is 3.91. The van der Waals surface area contributed by atoms with Crippen LogP contribution in [0.15, 0.2) is 36.5 Å². The third-order valence-corrected chi connectivity index (χ3v) is 2.97. The van der Waals surface area contributed by atoms with E-state index in [1.54, 1.807) is 18.2 Å². The summed E-state index contributed by atoms with van der Waals surface area (Å²) >= 11 is 5.84. The van der Waals surface area contributed by atoms with Gasteiger partial charge in [0, 0.05) is 16.8 Å². The van der Waals surface area contributed by atoms with Crippen molar-refractivity contribution in [2.45, 2.75) is 12.8 Å². The standard InChI is InChI=1S/C13H9ClF3NO/c14-11-3-1-8(5-10(11)7-19)9-2-4-12(18-6-9)13(15,16)17/h1-6,19H,7H2. The molecule has 2 nitrogen and oxygen atoms in total. The van der Waals surface area contributed by atoms with Crippen molar-refractivity contribution in [2.24, 2.45) is 0 Å². The number of alkyl halides is 3. The number of hydrogen-bond donors (Lipinski definition) is 1. The van der Waals surface area contributed by atoms with Crippen LogP contribution in [0.5, 0.6) is 0 Å². The van der Waals surface area contributed by atoms with Gasteiger partial charge in [-0.25, -0.2) is 0 Å². The summed E-state index contributed by atoms with van der Waals surface area (Å²) in [6.07, 6.45) is -3.30. The summed E-state index contributed by atoms with van der Waals surface area (Å²) in [6, 6.07) is 7.11. The van der Waals surface area contributed by atoms with E-state index in [0.717, 1.165) is 12.3 Å². The molecule has 1 N–H and O–H groups in total. The van der Waals surface area contributed by atoms with Gasteiger partial charge in [-0.2, -0.15) is 13.2 Å². The van der Waals surface area contributed by atoms with Gasteiger partial charge < -0.3 is 5.11 Å². The Morgan fingerprint density at radius 2 is 1.79 bits per heavy atom. The average Bonchev–Trinajstić information content (AvgIpc) is 2.38. The molecule has 0 saturated heterocycles. The van der Waals surface area contributed by atoms with Crippen LogP contribution in [0.4, 0.5) is 13.2 Å². The van der Waals surface area contributed by atoms with E-state index in [0.29, 0.717) is 21.7 Å². The summed E-state index contributed by atoms with van der Waals surface area (Å²) in [5, 5.41) is 9.50. The molecule has 0 amide bonds. The normalized spacial score (nSPS) is 11.6. The molecule has 6 heteroatoms. The number of pyridine rings is 1. The first-order valence-electron chi connectivity index (χ1n) is 5.34. The molecule has 2 rings (SSSR count). The van der Waals surface area contributed by atoms with Gasteiger partial charge in [0.1, 0.15) is 5.69 Å². The highest BCUT2D eigenvalue weighted by Crippen LogP contribution is 2.30. The van der Waals surface area contributed by atoms with E-state index in [2.05, 4.69) is 4.98 Å². The molecular weight excluding hydrogens is 279 g/mol. The predicted molar refractivity (Wildman–Crippen MR) is 65.6 cm³/mol. The number of nitrogens with zero attached hydrogens (tertiary/aromatic N) is 1. The minimum atomic E-state index is -4.45. The number of rotatable bonds is 2. The maximum Gasteiger partial charge on any atom is 0.433 e. The third kappa shape index (κ3) is 3.05. The molecule has 0 unspecified atom stereocenters. The summed E-state index contributed by atoms with van der Waals surface area (Å²) < 4.78 is 37.1. The van der Waals surface area contributed by atoms with Crippen LogP contribution in [-0.2, 0) is 12.8 Å². The Morgan fingerprint density at radius 3 is 2.32 bits per heavy atom. The Bertz CT molecular complexity index is 581. The van der Waals surface area contributed by atoms with Gasteiger partial charge in [0.15, 0.2) is 0 Å². The lowest BCUT2D eigenvalue weighted by atomic mass is 10.0. The summed E-state index contributed by atoms with van der Waals surface area (Å²) in [4.78, 5) is 3.38. The van der Waals surface area contributed by atoms with Crippen LogP contribution in [0, 0.1) is 0 Å². The maximum absolute atomic E-state index is 12.4. The summed E-state index contributed by atoms with van der Waals surface area (Å²) in [5.74, 6) is 0. The summed E-state index contributed by atoms with van der Waals surface area (Å²) in [7, 11) is 0. The SMILES string of the molecule is OCc1cc(-c2ccc(C(F)(F)F)nc2)ccc1Cl. The minimum Gasteiger partial charge on any atom is -0.392 e. The Kier molecular flexibility index (Phi) is 3.78. The molecule has 1 aromatic carbocycles. The van der Waals surface area contributed by atoms with Crippen molar-refractivity contribution in [3.63, 3.8) is 0 Å². The lowest BCUT2D eigenvalue weighted by Crippen LogP contribution is -2.07. The van der Waals surface area contributed by atoms with E-state index in [9.17, 15) is 13.2 Å². The molecule has 0 radical (unpaired) electrons. The molecule has 100 valence electrons. The van der Waals surface area contributed by atoms with Crippen LogP contribution >= 0.6 is 11.6 Å². The highest BCUT2D eigenvalue weighted by molar-refractivity contribution is 6.31. The van der Waals surface area contributed by atoms with Crippen LogP contribution in [0.1, 0.15) is 11.3 Å². The van der Waals surface area contributed by atoms with Gasteiger partial charge in [0.2, 0.25) is 0 Å². The number of hydrogen-bond acceptors (Lipinski definition) is 2. The fourth-order valence-corrected chi connectivity index (χ4v) is 1.79. The lowest BCUT2D eigenvalue weighted by molar-refractivity contribution is -0.141. The van der Waals surface area contributed by atoms with Gasteiger partial charge in [0.05, 0.1) is 6.61 Å². The molecular formula is C13H9ClF3NO. The van der Waals surface area contributed by atoms with Gasteiger partial charge in [-0.3, -0.25) is 4.98 Å². The van der Waals surface area contributed by atoms with E-state index in [-0.39, 0.29) is 6.61 Å². The van der Waals surface area contributed by atoms with E-state index in [1.165, 1.54) is 6.07 Å². The molecule has 2 aromatic rings. The largest absolute Gasteiger partial charge is 0.433 e. The highest BCUT2D eigenvalue weighted by atomic mass is 35.5. The van der Waals surface area contributed by atoms with E-state index >= 15 is 0 Å². The quantitative estimate of drug-likeness (QED) is 0.908. The number of aromatic nitrogens is 1. The van der Waals surface area contributed by atoms with Crippen LogP contribution in [0.25, 0.3) is 11.1 Å². The van der Waals surface area contributed by atoms with E-state index < -0.39 is 11.9 Å². The first kappa shape index (κ1) is 13.8. The van der Waals surface area contributed by atoms with Gasteiger partial charge in [-0.05, 0) is 29.3 Å². The second-order valence-electron chi connectivity index (χ2n) is 3.89. The fraction of sp³-hybridized carbons (Fsp3) is 0.154. The summed E-state index contributed by atoms with van der Waals surface area (Å²) in [6.45, 7) is -0.235. The summed E-state index contributed by atoms with van der Waals surface area (Å²) in [5.41, 5.74) is 0.751. The minimum absolute atomic E-state index is 0.235. The Labute approximate surface area is 112 Å². The first-order chi connectivity index (χ1) is 8.91. The molecule has 0 saturated carbocycles. The molecule has 0 aliphatic heterocycles. The molecule has 19 heavy (non-hydrogen) atoms. The zero-order valence-electron chi connectivity index (χ0n) is 9.58. The molecule has 0 fully saturated rings. The van der Waals surface area contributed by atoms with Crippen molar-refractivity contribution in [3.8, 4) is 11.1 Å². The van der Waals surface area contributed by atoms with Crippen molar-refractivity contribution >= 4 is 11.6 Å². The Morgan fingerprint density at radius 1 is 1.11 bits per heavy atom. The van der Waals surface area contributed by atoms with Crippen molar-refractivity contribution in [3.05, 3.63) is 52.8 Å². The first-order valence-corrected chi connectivity index (χ1v) is 5.72. The Balaban J connectivity index is 2.37. The van der Waals surface area contributed by atoms with Gasteiger partial charge in [-0.15, -0.1) is 0 Å². The fourth-order valence-electron chi connectivity index (χ4n) is 1.61. The van der Waals surface area contributed by atoms with Crippen molar-refractivity contribution in [2.75, 3.05) is 0 Å². The van der Waals surface area contributed by atoms with Crippen molar-refractivity contribution < 1.29 is 18.3 Å². The molecule has 0 aliphatic rings. The maximum atomic E-state index is 12.4. The van der Waals surface area contributed by atoms with Gasteiger partial charge in [-0.1, -0.05) is 23.7 Å². The zero-order chi connectivity index (χ0) is 14.0. The van der Waals surface area contributed by atoms with Crippen LogP contribution < -0.4 is 0 Å². The number of aliphatic hydroxyl groups excluding tert-OH is 1. The molecule has 0 aliphatic carbocycles. The van der Waals surface area contributed by atoms with Crippen LogP contribution in [0.3, 0.4) is 0 Å². The molecule has 1 heterocycles. The van der Waals surface area contributed by atoms with Crippen molar-refractivity contribution in [1.29, 1.82) is 0 Å². The molecule has 0 bridgehead atoms.